The van der Waals surface area contributed by atoms with Gasteiger partial charge in [0.15, 0.2) is 0 Å². The Labute approximate surface area is 144 Å². The van der Waals surface area contributed by atoms with Crippen LogP contribution in [0.2, 0.25) is 0 Å². The number of unbranched alkanes of at least 4 members (excludes halogenated alkanes) is 2. The summed E-state index contributed by atoms with van der Waals surface area (Å²) in [6, 6.07) is 6.64. The fourth-order valence-corrected chi connectivity index (χ4v) is 1.48. The lowest BCUT2D eigenvalue weighted by molar-refractivity contribution is -0.111. The molecule has 1 aromatic carbocycles. The van der Waals surface area contributed by atoms with Crippen LogP contribution in [0.3, 0.4) is 0 Å². The van der Waals surface area contributed by atoms with Crippen LogP contribution in [-0.4, -0.2) is 5.78 Å². The average Bonchev–Trinajstić information content (AvgIpc) is 2.46. The summed E-state index contributed by atoms with van der Waals surface area (Å²) in [7, 11) is 0. The topological polar surface area (TPSA) is 17.1 Å². The fourth-order valence-electron chi connectivity index (χ4n) is 1.48. The van der Waals surface area contributed by atoms with Crippen molar-refractivity contribution < 1.29 is 4.79 Å². The van der Waals surface area contributed by atoms with E-state index < -0.39 is 0 Å². The molecule has 0 bridgehead atoms. The van der Waals surface area contributed by atoms with Gasteiger partial charge >= 0.3 is 0 Å². The molecule has 1 heteroatoms. The molecule has 1 aromatic rings. The lowest BCUT2D eigenvalue weighted by Crippen LogP contribution is -1.84. The predicted octanol–water partition coefficient (Wildman–Crippen LogP) is 6.30. The van der Waals surface area contributed by atoms with Gasteiger partial charge in [-0.3, -0.25) is 4.79 Å². The maximum atomic E-state index is 10.2. The Morgan fingerprint density at radius 3 is 2.04 bits per heavy atom. The molecular weight excluding hydrogens is 280 g/mol. The van der Waals surface area contributed by atoms with E-state index in [-0.39, 0.29) is 5.78 Å². The number of carbonyl (C=O) groups excluding carboxylic acids is 1. The quantitative estimate of drug-likeness (QED) is 0.363. The zero-order valence-corrected chi connectivity index (χ0v) is 16.5. The van der Waals surface area contributed by atoms with Gasteiger partial charge in [0.05, 0.1) is 0 Å². The van der Waals surface area contributed by atoms with Crippen LogP contribution in [0.15, 0.2) is 18.2 Å². The zero-order chi connectivity index (χ0) is 18.3. The van der Waals surface area contributed by atoms with E-state index in [1.165, 1.54) is 23.6 Å². The molecule has 0 fully saturated rings. The van der Waals surface area contributed by atoms with E-state index in [9.17, 15) is 4.79 Å². The molecule has 0 atom stereocenters. The summed E-state index contributed by atoms with van der Waals surface area (Å²) in [5.74, 6) is 6.07. The highest BCUT2D eigenvalue weighted by atomic mass is 16.1. The Morgan fingerprint density at radius 2 is 1.65 bits per heavy atom. The lowest BCUT2D eigenvalue weighted by Gasteiger charge is -2.01. The molecule has 0 radical (unpaired) electrons. The number of Topliss-reactive ketones (excluding diaryl/α,β-unsaturated/α-hetero) is 1. The van der Waals surface area contributed by atoms with Crippen LogP contribution in [0.5, 0.6) is 0 Å². The molecule has 0 aromatic heterocycles. The van der Waals surface area contributed by atoms with Crippen LogP contribution < -0.4 is 0 Å². The minimum absolute atomic E-state index is 0.0360. The van der Waals surface area contributed by atoms with Crippen molar-refractivity contribution in [3.05, 3.63) is 34.9 Å². The molecule has 0 heterocycles. The summed E-state index contributed by atoms with van der Waals surface area (Å²) in [6.07, 6.45) is 4.24. The summed E-state index contributed by atoms with van der Waals surface area (Å²) < 4.78 is 0. The van der Waals surface area contributed by atoms with E-state index in [1.54, 1.807) is 0 Å². The number of carbonyl (C=O) groups is 1. The summed E-state index contributed by atoms with van der Waals surface area (Å²) in [5.41, 5.74) is 4.22. The molecule has 1 rings (SSSR count). The predicted molar refractivity (Wildman–Crippen MR) is 104 cm³/mol. The van der Waals surface area contributed by atoms with Gasteiger partial charge < -0.3 is 0 Å². The third-order valence-corrected chi connectivity index (χ3v) is 2.90. The molecule has 130 valence electrons. The van der Waals surface area contributed by atoms with Crippen molar-refractivity contribution in [2.24, 2.45) is 5.92 Å². The van der Waals surface area contributed by atoms with Crippen molar-refractivity contribution in [3.8, 4) is 11.8 Å². The van der Waals surface area contributed by atoms with Gasteiger partial charge in [0.25, 0.3) is 0 Å². The molecule has 0 saturated carbocycles. The summed E-state index contributed by atoms with van der Waals surface area (Å²) in [4.78, 5) is 10.2. The number of aryl methyl sites for hydroxylation is 3. The van der Waals surface area contributed by atoms with Crippen molar-refractivity contribution in [1.29, 1.82) is 0 Å². The van der Waals surface area contributed by atoms with Crippen LogP contribution in [0.1, 0.15) is 77.5 Å². The number of hydrogen-bond donors (Lipinski definition) is 0. The molecule has 0 aliphatic rings. The van der Waals surface area contributed by atoms with E-state index in [4.69, 9.17) is 0 Å². The molecular formula is C22H36O. The third kappa shape index (κ3) is 18.4. The Balaban J connectivity index is 0. The first-order valence-corrected chi connectivity index (χ1v) is 8.80. The Kier molecular flexibility index (Phi) is 15.8. The van der Waals surface area contributed by atoms with Gasteiger partial charge in [-0.15, -0.1) is 0 Å². The fraction of sp³-hybridized carbons (Fsp3) is 0.591. The van der Waals surface area contributed by atoms with Gasteiger partial charge in [-0.25, -0.2) is 0 Å². The van der Waals surface area contributed by atoms with E-state index in [1.807, 2.05) is 0 Å². The first-order chi connectivity index (χ1) is 10.7. The van der Waals surface area contributed by atoms with Crippen LogP contribution in [0.4, 0.5) is 0 Å². The highest BCUT2D eigenvalue weighted by Crippen LogP contribution is 2.09. The maximum absolute atomic E-state index is 10.2. The standard InChI is InChI=1S/C10H14.C8H12O.C4H10/c1-4-10-6-5-8(2)9(3)7-10;1-3-4-5-6-7-8(2)9;1-4(2)3/h5-7H,4H2,1-3H3;3-5H2,1-2H3;4H,1-3H3. The summed E-state index contributed by atoms with van der Waals surface area (Å²) >= 11 is 0. The molecule has 0 aliphatic heterocycles. The second-order valence-electron chi connectivity index (χ2n) is 6.47. The second-order valence-corrected chi connectivity index (χ2v) is 6.47. The second kappa shape index (κ2) is 15.3. The Bertz CT molecular complexity index is 484. The minimum atomic E-state index is -0.0360. The van der Waals surface area contributed by atoms with Gasteiger partial charge in [-0.05, 0) is 55.2 Å². The summed E-state index contributed by atoms with van der Waals surface area (Å²) in [6.45, 7) is 16.6. The van der Waals surface area contributed by atoms with E-state index >= 15 is 0 Å². The van der Waals surface area contributed by atoms with E-state index in [2.05, 4.69) is 78.5 Å². The molecule has 1 nitrogen and oxygen atoms in total. The molecule has 0 unspecified atom stereocenters. The van der Waals surface area contributed by atoms with Crippen LogP contribution >= 0.6 is 0 Å². The highest BCUT2D eigenvalue weighted by molar-refractivity contribution is 5.93. The molecule has 0 N–H and O–H groups in total. The third-order valence-electron chi connectivity index (χ3n) is 2.90. The molecule has 0 amide bonds. The normalized spacial score (nSPS) is 8.91. The van der Waals surface area contributed by atoms with Crippen molar-refractivity contribution in [2.45, 2.75) is 81.1 Å². The van der Waals surface area contributed by atoms with Crippen molar-refractivity contribution in [3.63, 3.8) is 0 Å². The largest absolute Gasteiger partial charge is 0.285 e. The van der Waals surface area contributed by atoms with Crippen LogP contribution in [0, 0.1) is 31.6 Å². The minimum Gasteiger partial charge on any atom is -0.285 e. The number of benzene rings is 1. The van der Waals surface area contributed by atoms with E-state index in [0.717, 1.165) is 31.6 Å². The van der Waals surface area contributed by atoms with Gasteiger partial charge in [-0.2, -0.15) is 0 Å². The van der Waals surface area contributed by atoms with Crippen molar-refractivity contribution in [1.82, 2.24) is 0 Å². The molecule has 23 heavy (non-hydrogen) atoms. The van der Waals surface area contributed by atoms with Crippen LogP contribution in [-0.2, 0) is 11.2 Å². The van der Waals surface area contributed by atoms with Gasteiger partial charge in [-0.1, -0.05) is 65.2 Å². The number of ketones is 1. The first kappa shape index (κ1) is 23.7. The molecule has 0 saturated heterocycles. The lowest BCUT2D eigenvalue weighted by atomic mass is 10.1. The zero-order valence-electron chi connectivity index (χ0n) is 16.5. The van der Waals surface area contributed by atoms with Crippen molar-refractivity contribution in [2.75, 3.05) is 0 Å². The van der Waals surface area contributed by atoms with E-state index in [0.29, 0.717) is 0 Å². The van der Waals surface area contributed by atoms with Crippen molar-refractivity contribution >= 4 is 5.78 Å². The first-order valence-electron chi connectivity index (χ1n) is 8.80. The maximum Gasteiger partial charge on any atom is 0.202 e. The number of rotatable bonds is 3. The van der Waals surface area contributed by atoms with Crippen LogP contribution in [0.25, 0.3) is 0 Å². The average molecular weight is 317 g/mol. The Morgan fingerprint density at radius 1 is 1.09 bits per heavy atom. The molecule has 0 spiro atoms. The SMILES string of the molecule is CC(C)C.CCCCC#CC(C)=O.CCc1ccc(C)c(C)c1. The highest BCUT2D eigenvalue weighted by Gasteiger charge is 1.92. The molecule has 0 aliphatic carbocycles. The van der Waals surface area contributed by atoms with Gasteiger partial charge in [0, 0.05) is 13.3 Å². The number of hydrogen-bond acceptors (Lipinski definition) is 1. The summed E-state index contributed by atoms with van der Waals surface area (Å²) in [5, 5.41) is 0. The van der Waals surface area contributed by atoms with Gasteiger partial charge in [0.2, 0.25) is 5.78 Å². The smallest absolute Gasteiger partial charge is 0.202 e. The monoisotopic (exact) mass is 316 g/mol. The Hall–Kier alpha value is -1.55. The van der Waals surface area contributed by atoms with Gasteiger partial charge in [0.1, 0.15) is 0 Å².